The summed E-state index contributed by atoms with van der Waals surface area (Å²) in [6, 6.07) is 0. The number of ketones is 1. The predicted octanol–water partition coefficient (Wildman–Crippen LogP) is 0.784. The van der Waals surface area contributed by atoms with Gasteiger partial charge in [-0.2, -0.15) is 0 Å². The van der Waals surface area contributed by atoms with Crippen molar-refractivity contribution in [1.29, 1.82) is 0 Å². The maximum atomic E-state index is 10.7. The first-order valence-corrected chi connectivity index (χ1v) is 6.16. The molecule has 106 valence electrons. The van der Waals surface area contributed by atoms with Crippen molar-refractivity contribution in [3.05, 3.63) is 11.8 Å². The summed E-state index contributed by atoms with van der Waals surface area (Å²) in [5.41, 5.74) is 0. The van der Waals surface area contributed by atoms with Crippen LogP contribution in [0, 0.1) is 11.8 Å². The van der Waals surface area contributed by atoms with Gasteiger partial charge >= 0.3 is 0 Å². The Morgan fingerprint density at radius 1 is 1.22 bits per heavy atom. The van der Waals surface area contributed by atoms with Crippen LogP contribution in [0.15, 0.2) is 11.8 Å². The minimum atomic E-state index is -1.15. The Kier molecular flexibility index (Phi) is 7.82. The standard InChI is InChI=1S/C13H24O5/c1-8(7-14)12(17)13(18)10(3)11(16)6-4-5-9(2)15/h6,8,10,12-14,16-18H,4-5,7H2,1-3H3/b11-6+/t8?,10?,12-,13-/m1/s1. The summed E-state index contributed by atoms with van der Waals surface area (Å²) in [4.78, 5) is 10.7. The fraction of sp³-hybridized carbons (Fsp3) is 0.769. The van der Waals surface area contributed by atoms with Crippen LogP contribution in [0.4, 0.5) is 0 Å². The highest BCUT2D eigenvalue weighted by Gasteiger charge is 2.29. The fourth-order valence-electron chi connectivity index (χ4n) is 1.52. The number of aliphatic hydroxyl groups excluding tert-OH is 4. The first-order valence-electron chi connectivity index (χ1n) is 6.16. The van der Waals surface area contributed by atoms with Gasteiger partial charge in [-0.05, 0) is 19.4 Å². The summed E-state index contributed by atoms with van der Waals surface area (Å²) in [6.07, 6.45) is -0.0353. The van der Waals surface area contributed by atoms with E-state index < -0.39 is 24.0 Å². The second-order valence-corrected chi connectivity index (χ2v) is 4.80. The van der Waals surface area contributed by atoms with Crippen molar-refractivity contribution in [1.82, 2.24) is 0 Å². The second kappa shape index (κ2) is 8.24. The molecule has 4 N–H and O–H groups in total. The zero-order valence-electron chi connectivity index (χ0n) is 11.2. The summed E-state index contributed by atoms with van der Waals surface area (Å²) in [7, 11) is 0. The third kappa shape index (κ3) is 5.62. The van der Waals surface area contributed by atoms with Crippen molar-refractivity contribution < 1.29 is 25.2 Å². The van der Waals surface area contributed by atoms with E-state index in [0.717, 1.165) is 0 Å². The minimum Gasteiger partial charge on any atom is -0.512 e. The number of carbonyl (C=O) groups excluding carboxylic acids is 1. The zero-order valence-corrected chi connectivity index (χ0v) is 11.2. The van der Waals surface area contributed by atoms with Gasteiger partial charge in [-0.3, -0.25) is 0 Å². The van der Waals surface area contributed by atoms with Crippen LogP contribution < -0.4 is 0 Å². The van der Waals surface area contributed by atoms with Crippen molar-refractivity contribution in [3.8, 4) is 0 Å². The molecule has 0 aromatic carbocycles. The molecule has 0 aliphatic rings. The van der Waals surface area contributed by atoms with E-state index in [0.29, 0.717) is 12.8 Å². The van der Waals surface area contributed by atoms with Crippen molar-refractivity contribution in [2.45, 2.75) is 45.8 Å². The Morgan fingerprint density at radius 2 is 1.78 bits per heavy atom. The van der Waals surface area contributed by atoms with Gasteiger partial charge in [-0.25, -0.2) is 0 Å². The first kappa shape index (κ1) is 17.1. The van der Waals surface area contributed by atoms with Crippen molar-refractivity contribution in [2.24, 2.45) is 11.8 Å². The average Bonchev–Trinajstić information content (AvgIpc) is 2.34. The number of allylic oxidation sites excluding steroid dienone is 1. The summed E-state index contributed by atoms with van der Waals surface area (Å²) >= 11 is 0. The summed E-state index contributed by atoms with van der Waals surface area (Å²) in [5, 5.41) is 38.2. The van der Waals surface area contributed by atoms with Crippen molar-refractivity contribution in [3.63, 3.8) is 0 Å². The molecule has 0 saturated heterocycles. The maximum Gasteiger partial charge on any atom is 0.130 e. The quantitative estimate of drug-likeness (QED) is 0.484. The predicted molar refractivity (Wildman–Crippen MR) is 68.1 cm³/mol. The van der Waals surface area contributed by atoms with Gasteiger partial charge in [0.25, 0.3) is 0 Å². The highest BCUT2D eigenvalue weighted by atomic mass is 16.3. The van der Waals surface area contributed by atoms with E-state index >= 15 is 0 Å². The van der Waals surface area contributed by atoms with Gasteiger partial charge in [-0.15, -0.1) is 0 Å². The Labute approximate surface area is 108 Å². The van der Waals surface area contributed by atoms with Crippen molar-refractivity contribution in [2.75, 3.05) is 6.61 Å². The molecule has 4 atom stereocenters. The normalized spacial score (nSPS) is 19.1. The third-order valence-corrected chi connectivity index (χ3v) is 3.05. The number of Topliss-reactive ketones (excluding diaryl/α,β-unsaturated/α-hetero) is 1. The third-order valence-electron chi connectivity index (χ3n) is 3.05. The molecule has 0 aromatic rings. The molecule has 0 rings (SSSR count). The molecule has 0 aromatic heterocycles. The lowest BCUT2D eigenvalue weighted by Crippen LogP contribution is -2.38. The smallest absolute Gasteiger partial charge is 0.130 e. The van der Waals surface area contributed by atoms with E-state index in [2.05, 4.69) is 0 Å². The maximum absolute atomic E-state index is 10.7. The minimum absolute atomic E-state index is 0.0289. The number of carbonyl (C=O) groups is 1. The van der Waals surface area contributed by atoms with E-state index in [1.54, 1.807) is 13.8 Å². The van der Waals surface area contributed by atoms with Gasteiger partial charge in [0.05, 0.1) is 18.0 Å². The first-order chi connectivity index (χ1) is 8.31. The van der Waals surface area contributed by atoms with Crippen LogP contribution in [0.1, 0.15) is 33.6 Å². The molecule has 0 bridgehead atoms. The van der Waals surface area contributed by atoms with Gasteiger partial charge in [0.15, 0.2) is 0 Å². The van der Waals surface area contributed by atoms with Gasteiger partial charge in [0.1, 0.15) is 5.78 Å². The molecule has 0 heterocycles. The topological polar surface area (TPSA) is 98.0 Å². The molecule has 0 saturated carbocycles. The van der Waals surface area contributed by atoms with Crippen LogP contribution in [-0.4, -0.2) is 45.0 Å². The van der Waals surface area contributed by atoms with Crippen molar-refractivity contribution >= 4 is 5.78 Å². The Bertz CT molecular complexity index is 287. The molecule has 0 spiro atoms. The van der Waals surface area contributed by atoms with Crippen LogP contribution >= 0.6 is 0 Å². The molecule has 5 nitrogen and oxygen atoms in total. The molecule has 18 heavy (non-hydrogen) atoms. The number of aliphatic hydroxyl groups is 4. The van der Waals surface area contributed by atoms with E-state index in [1.165, 1.54) is 13.0 Å². The molecule has 0 radical (unpaired) electrons. The highest BCUT2D eigenvalue weighted by Crippen LogP contribution is 2.20. The lowest BCUT2D eigenvalue weighted by atomic mass is 9.90. The lowest BCUT2D eigenvalue weighted by Gasteiger charge is -2.27. The van der Waals surface area contributed by atoms with E-state index in [1.807, 2.05) is 0 Å². The van der Waals surface area contributed by atoms with E-state index in [9.17, 15) is 20.1 Å². The summed E-state index contributed by atoms with van der Waals surface area (Å²) < 4.78 is 0. The van der Waals surface area contributed by atoms with Crippen LogP contribution in [0.25, 0.3) is 0 Å². The molecule has 2 unspecified atom stereocenters. The Hall–Kier alpha value is -0.910. The zero-order chi connectivity index (χ0) is 14.3. The number of hydrogen-bond donors (Lipinski definition) is 4. The van der Waals surface area contributed by atoms with Crippen LogP contribution in [0.5, 0.6) is 0 Å². The molecule has 0 amide bonds. The molecule has 5 heteroatoms. The van der Waals surface area contributed by atoms with Crippen LogP contribution in [-0.2, 0) is 4.79 Å². The van der Waals surface area contributed by atoms with Crippen LogP contribution in [0.2, 0.25) is 0 Å². The highest BCUT2D eigenvalue weighted by molar-refractivity contribution is 5.75. The largest absolute Gasteiger partial charge is 0.512 e. The summed E-state index contributed by atoms with van der Waals surface area (Å²) in [5.74, 6) is -1.12. The monoisotopic (exact) mass is 260 g/mol. The SMILES string of the molecule is CC(=O)CC/C=C(/O)C(C)[C@@H](O)[C@H](O)C(C)CO. The number of hydrogen-bond acceptors (Lipinski definition) is 5. The van der Waals surface area contributed by atoms with Gasteiger partial charge in [0, 0.05) is 24.9 Å². The van der Waals surface area contributed by atoms with Crippen LogP contribution in [0.3, 0.4) is 0 Å². The molecule has 0 aliphatic heterocycles. The van der Waals surface area contributed by atoms with Gasteiger partial charge in [0.2, 0.25) is 0 Å². The average molecular weight is 260 g/mol. The van der Waals surface area contributed by atoms with Gasteiger partial charge < -0.3 is 25.2 Å². The Balaban J connectivity index is 4.43. The lowest BCUT2D eigenvalue weighted by molar-refractivity contribution is -0.116. The Morgan fingerprint density at radius 3 is 2.22 bits per heavy atom. The van der Waals surface area contributed by atoms with E-state index in [4.69, 9.17) is 5.11 Å². The van der Waals surface area contributed by atoms with E-state index in [-0.39, 0.29) is 18.1 Å². The second-order valence-electron chi connectivity index (χ2n) is 4.80. The molecular formula is C13H24O5. The molecular weight excluding hydrogens is 236 g/mol. The molecule has 0 fully saturated rings. The number of rotatable bonds is 8. The molecule has 0 aliphatic carbocycles. The summed E-state index contributed by atoms with van der Waals surface area (Å²) in [6.45, 7) is 4.42. The van der Waals surface area contributed by atoms with Gasteiger partial charge in [-0.1, -0.05) is 13.8 Å². The fourth-order valence-corrected chi connectivity index (χ4v) is 1.52.